The van der Waals surface area contributed by atoms with Gasteiger partial charge in [-0.2, -0.15) is 0 Å². The molecule has 0 unspecified atom stereocenters. The maximum absolute atomic E-state index is 12.4. The van der Waals surface area contributed by atoms with Crippen molar-refractivity contribution in [1.29, 1.82) is 0 Å². The molecule has 1 amide bonds. The zero-order valence-corrected chi connectivity index (χ0v) is 17.0. The van der Waals surface area contributed by atoms with Gasteiger partial charge in [0.2, 0.25) is 0 Å². The Morgan fingerprint density at radius 3 is 2.26 bits per heavy atom. The van der Waals surface area contributed by atoms with E-state index in [0.717, 1.165) is 16.2 Å². The third kappa shape index (κ3) is 6.81. The van der Waals surface area contributed by atoms with Gasteiger partial charge in [0, 0.05) is 4.90 Å². The molecule has 0 radical (unpaired) electrons. The number of rotatable bonds is 7. The van der Waals surface area contributed by atoms with Crippen molar-refractivity contribution >= 4 is 17.9 Å². The summed E-state index contributed by atoms with van der Waals surface area (Å²) < 4.78 is 10.6. The first-order chi connectivity index (χ1) is 12.8. The van der Waals surface area contributed by atoms with Gasteiger partial charge >= 0.3 is 6.09 Å². The van der Waals surface area contributed by atoms with Crippen LogP contribution in [0.4, 0.5) is 4.79 Å². The molecule has 146 valence electrons. The van der Waals surface area contributed by atoms with Crippen LogP contribution < -0.4 is 10.1 Å². The van der Waals surface area contributed by atoms with Crippen LogP contribution in [0.25, 0.3) is 0 Å². The highest BCUT2D eigenvalue weighted by Gasteiger charge is 2.27. The summed E-state index contributed by atoms with van der Waals surface area (Å²) >= 11 is 1.49. The number of alkyl carbamates (subject to hydrolysis) is 1. The molecule has 2 atom stereocenters. The van der Waals surface area contributed by atoms with Crippen LogP contribution in [0.2, 0.25) is 0 Å². The molecule has 0 aromatic heterocycles. The summed E-state index contributed by atoms with van der Waals surface area (Å²) in [4.78, 5) is 13.3. The van der Waals surface area contributed by atoms with Gasteiger partial charge in [0.25, 0.3) is 0 Å². The molecule has 2 aromatic rings. The molecule has 0 saturated heterocycles. The number of aliphatic hydroxyl groups excluding tert-OH is 1. The van der Waals surface area contributed by atoms with Gasteiger partial charge in [-0.15, -0.1) is 11.8 Å². The second-order valence-corrected chi connectivity index (χ2v) is 8.36. The summed E-state index contributed by atoms with van der Waals surface area (Å²) in [5, 5.41) is 12.7. The molecule has 0 heterocycles. The zero-order chi connectivity index (χ0) is 19.9. The summed E-state index contributed by atoms with van der Waals surface area (Å²) in [5.41, 5.74) is 0.312. The second kappa shape index (κ2) is 9.67. The Bertz CT molecular complexity index is 713. The minimum Gasteiger partial charge on any atom is -0.497 e. The number of amides is 1. The molecule has 6 heteroatoms. The first kappa shape index (κ1) is 21.1. The van der Waals surface area contributed by atoms with Crippen molar-refractivity contribution in [1.82, 2.24) is 5.32 Å². The van der Waals surface area contributed by atoms with E-state index in [-0.39, 0.29) is 11.9 Å². The Hall–Kier alpha value is -2.18. The Balaban J connectivity index is 2.22. The highest BCUT2D eigenvalue weighted by molar-refractivity contribution is 8.00. The van der Waals surface area contributed by atoms with Crippen molar-refractivity contribution in [2.24, 2.45) is 0 Å². The summed E-state index contributed by atoms with van der Waals surface area (Å²) in [6.07, 6.45) is -0.509. The fourth-order valence-electron chi connectivity index (χ4n) is 2.53. The Morgan fingerprint density at radius 1 is 1.11 bits per heavy atom. The molecule has 5 nitrogen and oxygen atoms in total. The standard InChI is InChI=1S/C21H27NO4S/c1-21(2,3)26-20(24)22-19(15-8-6-5-7-9-15)18(14-23)27-17-12-10-16(25-4)11-13-17/h5-13,18-19,23H,14H2,1-4H3,(H,22,24)/t18-,19-/m1/s1. The first-order valence-corrected chi connectivity index (χ1v) is 9.66. The van der Waals surface area contributed by atoms with Gasteiger partial charge in [-0.05, 0) is 50.6 Å². The molecule has 0 aliphatic heterocycles. The highest BCUT2D eigenvalue weighted by atomic mass is 32.2. The van der Waals surface area contributed by atoms with Crippen LogP contribution in [-0.4, -0.2) is 35.8 Å². The van der Waals surface area contributed by atoms with E-state index < -0.39 is 17.7 Å². The number of hydrogen-bond acceptors (Lipinski definition) is 5. The topological polar surface area (TPSA) is 67.8 Å². The van der Waals surface area contributed by atoms with Gasteiger partial charge in [-0.1, -0.05) is 30.3 Å². The summed E-state index contributed by atoms with van der Waals surface area (Å²) in [5.74, 6) is 0.770. The third-order valence-corrected chi connectivity index (χ3v) is 5.00. The van der Waals surface area contributed by atoms with E-state index in [9.17, 15) is 9.90 Å². The molecule has 2 aromatic carbocycles. The lowest BCUT2D eigenvalue weighted by molar-refractivity contribution is 0.0498. The number of hydrogen-bond donors (Lipinski definition) is 2. The SMILES string of the molecule is COc1ccc(S[C@H](CO)[C@H](NC(=O)OC(C)(C)C)c2ccccc2)cc1. The molecule has 0 spiro atoms. The lowest BCUT2D eigenvalue weighted by atomic mass is 10.0. The lowest BCUT2D eigenvalue weighted by Crippen LogP contribution is -2.39. The Kier molecular flexibility index (Phi) is 7.56. The van der Waals surface area contributed by atoms with Crippen molar-refractivity contribution in [2.75, 3.05) is 13.7 Å². The summed E-state index contributed by atoms with van der Waals surface area (Å²) in [6, 6.07) is 16.8. The van der Waals surface area contributed by atoms with Crippen molar-refractivity contribution in [3.05, 3.63) is 60.2 Å². The maximum atomic E-state index is 12.4. The molecular formula is C21H27NO4S. The van der Waals surface area contributed by atoms with Gasteiger partial charge in [0.05, 0.1) is 25.0 Å². The van der Waals surface area contributed by atoms with Gasteiger partial charge < -0.3 is 19.9 Å². The van der Waals surface area contributed by atoms with Gasteiger partial charge in [-0.25, -0.2) is 4.79 Å². The molecule has 0 aliphatic carbocycles. The fourth-order valence-corrected chi connectivity index (χ4v) is 3.60. The number of benzene rings is 2. The predicted molar refractivity (Wildman–Crippen MR) is 108 cm³/mol. The number of nitrogens with one attached hydrogen (secondary N) is 1. The number of carbonyl (C=O) groups excluding carboxylic acids is 1. The van der Waals surface area contributed by atoms with Crippen LogP contribution in [0.3, 0.4) is 0 Å². The number of thioether (sulfide) groups is 1. The van der Waals surface area contributed by atoms with E-state index in [1.165, 1.54) is 11.8 Å². The molecule has 2 N–H and O–H groups in total. The molecule has 0 saturated carbocycles. The summed E-state index contributed by atoms with van der Waals surface area (Å²) in [7, 11) is 1.62. The Labute approximate surface area is 165 Å². The molecule has 27 heavy (non-hydrogen) atoms. The average molecular weight is 390 g/mol. The van der Waals surface area contributed by atoms with E-state index in [1.807, 2.05) is 75.4 Å². The number of ether oxygens (including phenoxy) is 2. The average Bonchev–Trinajstić information content (AvgIpc) is 2.64. The predicted octanol–water partition coefficient (Wildman–Crippen LogP) is 4.41. The summed E-state index contributed by atoms with van der Waals surface area (Å²) in [6.45, 7) is 5.35. The van der Waals surface area contributed by atoms with Crippen LogP contribution in [0.1, 0.15) is 32.4 Å². The number of methoxy groups -OCH3 is 1. The van der Waals surface area contributed by atoms with E-state index in [0.29, 0.717) is 0 Å². The molecule has 2 rings (SSSR count). The van der Waals surface area contributed by atoms with E-state index >= 15 is 0 Å². The molecule has 0 fully saturated rings. The maximum Gasteiger partial charge on any atom is 0.408 e. The monoisotopic (exact) mass is 389 g/mol. The number of carbonyl (C=O) groups is 1. The molecule has 0 aliphatic rings. The van der Waals surface area contributed by atoms with Crippen LogP contribution in [0.5, 0.6) is 5.75 Å². The molecule has 0 bridgehead atoms. The highest BCUT2D eigenvalue weighted by Crippen LogP contribution is 2.33. The van der Waals surface area contributed by atoms with Gasteiger partial charge in [-0.3, -0.25) is 0 Å². The smallest absolute Gasteiger partial charge is 0.408 e. The van der Waals surface area contributed by atoms with Gasteiger partial charge in [0.15, 0.2) is 0 Å². The largest absolute Gasteiger partial charge is 0.497 e. The van der Waals surface area contributed by atoms with Crippen molar-refractivity contribution in [3.8, 4) is 5.75 Å². The van der Waals surface area contributed by atoms with Crippen molar-refractivity contribution in [3.63, 3.8) is 0 Å². The Morgan fingerprint density at radius 2 is 1.74 bits per heavy atom. The van der Waals surface area contributed by atoms with E-state index in [2.05, 4.69) is 5.32 Å². The zero-order valence-electron chi connectivity index (χ0n) is 16.1. The third-order valence-electron chi connectivity index (χ3n) is 3.73. The van der Waals surface area contributed by atoms with E-state index in [4.69, 9.17) is 9.47 Å². The van der Waals surface area contributed by atoms with Crippen LogP contribution in [0, 0.1) is 0 Å². The number of aliphatic hydroxyl groups is 1. The van der Waals surface area contributed by atoms with Crippen molar-refractivity contribution < 1.29 is 19.4 Å². The first-order valence-electron chi connectivity index (χ1n) is 8.78. The van der Waals surface area contributed by atoms with Crippen LogP contribution in [-0.2, 0) is 4.74 Å². The fraction of sp³-hybridized carbons (Fsp3) is 0.381. The van der Waals surface area contributed by atoms with Crippen LogP contribution in [0.15, 0.2) is 59.5 Å². The minimum atomic E-state index is -0.594. The van der Waals surface area contributed by atoms with E-state index in [1.54, 1.807) is 7.11 Å². The van der Waals surface area contributed by atoms with Gasteiger partial charge in [0.1, 0.15) is 11.4 Å². The van der Waals surface area contributed by atoms with Crippen molar-refractivity contribution in [2.45, 2.75) is 42.6 Å². The molecular weight excluding hydrogens is 362 g/mol. The quantitative estimate of drug-likeness (QED) is 0.687. The second-order valence-electron chi connectivity index (χ2n) is 7.05. The lowest BCUT2D eigenvalue weighted by Gasteiger charge is -2.28. The normalized spacial score (nSPS) is 13.5. The minimum absolute atomic E-state index is 0.105. The van der Waals surface area contributed by atoms with Crippen LogP contribution >= 0.6 is 11.8 Å².